The first-order chi connectivity index (χ1) is 9.69. The van der Waals surface area contributed by atoms with Crippen LogP contribution < -0.4 is 5.23 Å². The maximum atomic E-state index is 11.0. The molecule has 0 amide bonds. The monoisotopic (exact) mass is 377 g/mol. The third kappa shape index (κ3) is 7.42. The molecule has 0 radical (unpaired) electrons. The van der Waals surface area contributed by atoms with Crippen LogP contribution in [0.3, 0.4) is 0 Å². The van der Waals surface area contributed by atoms with Crippen molar-refractivity contribution in [1.82, 2.24) is 5.23 Å². The summed E-state index contributed by atoms with van der Waals surface area (Å²) in [5, 5.41) is 12.3. The number of nitrogens with one attached hydrogen (secondary N) is 1. The second kappa shape index (κ2) is 8.29. The summed E-state index contributed by atoms with van der Waals surface area (Å²) in [5.41, 5.74) is 2.23. The Morgan fingerprint density at radius 2 is 2.14 bits per heavy atom. The van der Waals surface area contributed by atoms with Crippen LogP contribution in [-0.4, -0.2) is 39.9 Å². The van der Waals surface area contributed by atoms with Crippen molar-refractivity contribution in [3.63, 3.8) is 0 Å². The van der Waals surface area contributed by atoms with Gasteiger partial charge in [-0.25, -0.2) is 0 Å². The van der Waals surface area contributed by atoms with Crippen LogP contribution in [0.1, 0.15) is 23.5 Å². The van der Waals surface area contributed by atoms with Gasteiger partial charge >= 0.3 is 7.05 Å². The Kier molecular flexibility index (Phi) is 7.36. The lowest BCUT2D eigenvalue weighted by Gasteiger charge is -2.20. The highest BCUT2D eigenvalue weighted by Gasteiger charge is 2.17. The molecule has 1 aromatic rings. The maximum absolute atomic E-state index is 11.0. The zero-order valence-electron chi connectivity index (χ0n) is 12.5. The third-order valence-corrected chi connectivity index (χ3v) is 4.18. The third-order valence-electron chi connectivity index (χ3n) is 3.10. The minimum Gasteiger partial charge on any atom is -0.437 e. The molecule has 0 aliphatic heterocycles. The number of benzene rings is 1. The van der Waals surface area contributed by atoms with Crippen molar-refractivity contribution in [3.05, 3.63) is 33.8 Å². The van der Waals surface area contributed by atoms with Gasteiger partial charge in [-0.1, -0.05) is 22.0 Å². The van der Waals surface area contributed by atoms with E-state index in [9.17, 15) is 13.4 Å². The molecule has 0 saturated heterocycles. The minimum atomic E-state index is -3.43. The second-order valence-electron chi connectivity index (χ2n) is 5.10. The number of hydrogen-bond acceptors (Lipinski definition) is 5. The van der Waals surface area contributed by atoms with Gasteiger partial charge < -0.3 is 10.3 Å². The Balaban J connectivity index is 2.80. The normalized spacial score (nSPS) is 13.2. The molecule has 8 heteroatoms. The zero-order chi connectivity index (χ0) is 16.0. The highest BCUT2D eigenvalue weighted by atomic mass is 79.9. The Bertz CT molecular complexity index is 565. The lowest BCUT2D eigenvalue weighted by atomic mass is 9.85. The first-order valence-corrected chi connectivity index (χ1v) is 9.32. The minimum absolute atomic E-state index is 0.0643. The van der Waals surface area contributed by atoms with E-state index >= 15 is 0 Å². The van der Waals surface area contributed by atoms with Gasteiger partial charge in [-0.05, 0) is 55.9 Å². The molecule has 0 aliphatic rings. The topological polar surface area (TPSA) is 75.6 Å². The van der Waals surface area contributed by atoms with E-state index in [-0.39, 0.29) is 12.5 Å². The fourth-order valence-electron chi connectivity index (χ4n) is 2.12. The van der Waals surface area contributed by atoms with Gasteiger partial charge in [-0.2, -0.15) is 8.42 Å². The van der Waals surface area contributed by atoms with Crippen molar-refractivity contribution >= 4 is 33.1 Å². The van der Waals surface area contributed by atoms with Gasteiger partial charge in [0.2, 0.25) is 0 Å². The summed E-state index contributed by atoms with van der Waals surface area (Å²) in [5.74, 6) is 0.0643. The summed E-state index contributed by atoms with van der Waals surface area (Å²) < 4.78 is 27.9. The van der Waals surface area contributed by atoms with Gasteiger partial charge in [-0.3, -0.25) is 4.18 Å². The van der Waals surface area contributed by atoms with Gasteiger partial charge in [0.25, 0.3) is 10.1 Å². The molecular weight excluding hydrogens is 357 g/mol. The van der Waals surface area contributed by atoms with Gasteiger partial charge in [0.15, 0.2) is 0 Å². The summed E-state index contributed by atoms with van der Waals surface area (Å²) in [6, 6.07) is 5.98. The fourth-order valence-corrected chi connectivity index (χ4v) is 2.99. The lowest BCUT2D eigenvalue weighted by molar-refractivity contribution is 0.302. The molecule has 0 spiro atoms. The summed E-state index contributed by atoms with van der Waals surface area (Å²) in [7, 11) is -4.04. The lowest BCUT2D eigenvalue weighted by Crippen LogP contribution is -2.34. The molecule has 1 rings (SSSR count). The predicted molar refractivity (Wildman–Crippen MR) is 88.9 cm³/mol. The van der Waals surface area contributed by atoms with Crippen molar-refractivity contribution in [1.29, 1.82) is 0 Å². The molecule has 0 heterocycles. The molecule has 0 bridgehead atoms. The van der Waals surface area contributed by atoms with Crippen LogP contribution in [0.15, 0.2) is 22.7 Å². The van der Waals surface area contributed by atoms with E-state index < -0.39 is 17.2 Å². The van der Waals surface area contributed by atoms with Gasteiger partial charge in [0.1, 0.15) is 0 Å². The van der Waals surface area contributed by atoms with E-state index in [4.69, 9.17) is 4.18 Å². The maximum Gasteiger partial charge on any atom is 0.373 e. The zero-order valence-corrected chi connectivity index (χ0v) is 14.9. The van der Waals surface area contributed by atoms with Crippen molar-refractivity contribution in [2.75, 3.05) is 19.4 Å². The molecule has 118 valence electrons. The molecular formula is C13H21BBrNO4S. The van der Waals surface area contributed by atoms with E-state index in [1.807, 2.05) is 25.1 Å². The Morgan fingerprint density at radius 1 is 1.48 bits per heavy atom. The van der Waals surface area contributed by atoms with Crippen LogP contribution in [0.25, 0.3) is 0 Å². The molecule has 0 aromatic heterocycles. The largest absolute Gasteiger partial charge is 0.437 e. The van der Waals surface area contributed by atoms with E-state index in [1.54, 1.807) is 6.82 Å². The molecule has 0 saturated carbocycles. The average molecular weight is 378 g/mol. The van der Waals surface area contributed by atoms with E-state index in [2.05, 4.69) is 21.2 Å². The smallest absolute Gasteiger partial charge is 0.373 e. The molecule has 1 unspecified atom stereocenters. The number of hydrogen-bond donors (Lipinski definition) is 2. The summed E-state index contributed by atoms with van der Waals surface area (Å²) in [6.45, 7) is 4.33. The number of halogens is 1. The van der Waals surface area contributed by atoms with Crippen LogP contribution >= 0.6 is 15.9 Å². The number of rotatable bonds is 8. The van der Waals surface area contributed by atoms with Crippen LogP contribution in [0.5, 0.6) is 0 Å². The van der Waals surface area contributed by atoms with E-state index in [0.717, 1.165) is 21.9 Å². The van der Waals surface area contributed by atoms with Crippen molar-refractivity contribution in [2.45, 2.75) is 26.1 Å². The van der Waals surface area contributed by atoms with Crippen molar-refractivity contribution in [2.24, 2.45) is 0 Å². The molecule has 1 aromatic carbocycles. The van der Waals surface area contributed by atoms with Crippen LogP contribution in [0.2, 0.25) is 6.82 Å². The molecule has 2 N–H and O–H groups in total. The first-order valence-electron chi connectivity index (χ1n) is 6.71. The second-order valence-corrected chi connectivity index (χ2v) is 7.66. The fraction of sp³-hybridized carbons (Fsp3) is 0.538. The Labute approximate surface area is 135 Å². The summed E-state index contributed by atoms with van der Waals surface area (Å²) in [4.78, 5) is 0. The Morgan fingerprint density at radius 3 is 2.67 bits per heavy atom. The van der Waals surface area contributed by atoms with E-state index in [0.29, 0.717) is 13.0 Å². The van der Waals surface area contributed by atoms with Crippen LogP contribution in [0.4, 0.5) is 0 Å². The highest BCUT2D eigenvalue weighted by molar-refractivity contribution is 9.10. The molecule has 0 aliphatic carbocycles. The predicted octanol–water partition coefficient (Wildman–Crippen LogP) is 1.91. The standard InChI is InChI=1S/C13H21BBrNO4S/c1-10-8-12(15)4-5-13(10)11(9-16-14(2)17)6-7-20-21(3,18)19/h4-5,8,11,16-17H,6-7,9H2,1-3H3. The number of aryl methyl sites for hydroxylation is 1. The molecule has 0 fully saturated rings. The quantitative estimate of drug-likeness (QED) is 0.534. The summed E-state index contributed by atoms with van der Waals surface area (Å²) >= 11 is 3.43. The SMILES string of the molecule is CB(O)NCC(CCOS(C)(=O)=O)c1ccc(Br)cc1C. The van der Waals surface area contributed by atoms with Crippen molar-refractivity contribution < 1.29 is 17.6 Å². The molecule has 21 heavy (non-hydrogen) atoms. The van der Waals surface area contributed by atoms with E-state index in [1.165, 1.54) is 0 Å². The van der Waals surface area contributed by atoms with Gasteiger partial charge in [0, 0.05) is 4.47 Å². The van der Waals surface area contributed by atoms with Gasteiger partial charge in [0.05, 0.1) is 12.9 Å². The van der Waals surface area contributed by atoms with Crippen LogP contribution in [-0.2, 0) is 14.3 Å². The average Bonchev–Trinajstić information content (AvgIpc) is 2.32. The first kappa shape index (κ1) is 18.6. The van der Waals surface area contributed by atoms with Crippen molar-refractivity contribution in [3.8, 4) is 0 Å². The Hall–Kier alpha value is -0.405. The van der Waals surface area contributed by atoms with Gasteiger partial charge in [-0.15, -0.1) is 0 Å². The molecule has 5 nitrogen and oxygen atoms in total. The summed E-state index contributed by atoms with van der Waals surface area (Å²) in [6.07, 6.45) is 1.59. The molecule has 1 atom stereocenters. The highest BCUT2D eigenvalue weighted by Crippen LogP contribution is 2.25. The van der Waals surface area contributed by atoms with Crippen LogP contribution in [0, 0.1) is 6.92 Å².